The van der Waals surface area contributed by atoms with Crippen LogP contribution in [0.3, 0.4) is 0 Å². The maximum Gasteiger partial charge on any atom is 0.434 e. The van der Waals surface area contributed by atoms with Crippen LogP contribution in [-0.2, 0) is 11.0 Å². The molecule has 13 heteroatoms. The Kier molecular flexibility index (Phi) is 7.43. The lowest BCUT2D eigenvalue weighted by Gasteiger charge is -2.32. The van der Waals surface area contributed by atoms with E-state index in [4.69, 9.17) is 16.1 Å². The topological polar surface area (TPSA) is 118 Å². The third-order valence-corrected chi connectivity index (χ3v) is 6.86. The molecule has 0 bridgehead atoms. The minimum atomic E-state index is -4.77. The van der Waals surface area contributed by atoms with Crippen LogP contribution in [0.25, 0.3) is 28.5 Å². The standard InChI is InChI=1S/C26H23ClF3N5O4/c27-18-7-9-19(10-8-18)35-22(26(28,29)30)20(12-31-35)24-32-23(33-39-24)16-5-3-15(4-6-16)21(36)14-34-11-1-2-17(13-34)25(37)38/h3-10,12,17,21,36H,1-2,11,13-14H2,(H,37,38)/t17-,21+/m0/s1. The van der Waals surface area contributed by atoms with Crippen molar-refractivity contribution < 1.29 is 32.7 Å². The first-order valence-corrected chi connectivity index (χ1v) is 12.5. The Morgan fingerprint density at radius 1 is 1.15 bits per heavy atom. The fourth-order valence-corrected chi connectivity index (χ4v) is 4.76. The molecule has 0 aliphatic carbocycles. The number of halogens is 4. The number of aliphatic carboxylic acids is 1. The predicted octanol–water partition coefficient (Wildman–Crippen LogP) is 5.09. The maximum atomic E-state index is 14.0. The maximum absolute atomic E-state index is 14.0. The summed E-state index contributed by atoms with van der Waals surface area (Å²) in [6.07, 6.45) is -3.23. The molecular formula is C26H23ClF3N5O4. The average molecular weight is 562 g/mol. The third kappa shape index (κ3) is 5.82. The molecular weight excluding hydrogens is 539 g/mol. The normalized spacial score (nSPS) is 17.3. The van der Waals surface area contributed by atoms with Crippen molar-refractivity contribution in [2.24, 2.45) is 5.92 Å². The number of aromatic nitrogens is 4. The number of carboxylic acids is 1. The number of nitrogens with zero attached hydrogens (tertiary/aromatic N) is 5. The van der Waals surface area contributed by atoms with E-state index in [0.29, 0.717) is 35.7 Å². The first-order valence-electron chi connectivity index (χ1n) is 12.1. The number of piperidine rings is 1. The Balaban J connectivity index is 1.34. The number of hydrogen-bond acceptors (Lipinski definition) is 7. The average Bonchev–Trinajstić information content (AvgIpc) is 3.57. The van der Waals surface area contributed by atoms with Gasteiger partial charge in [0.1, 0.15) is 0 Å². The molecule has 2 atom stereocenters. The lowest BCUT2D eigenvalue weighted by atomic mass is 9.97. The summed E-state index contributed by atoms with van der Waals surface area (Å²) in [7, 11) is 0. The molecule has 3 heterocycles. The Morgan fingerprint density at radius 2 is 1.87 bits per heavy atom. The molecule has 0 radical (unpaired) electrons. The molecule has 39 heavy (non-hydrogen) atoms. The van der Waals surface area contributed by atoms with E-state index < -0.39 is 29.9 Å². The summed E-state index contributed by atoms with van der Waals surface area (Å²) < 4.78 is 48.0. The molecule has 2 aromatic heterocycles. The van der Waals surface area contributed by atoms with E-state index in [1.54, 1.807) is 24.3 Å². The molecule has 9 nitrogen and oxygen atoms in total. The second-order valence-electron chi connectivity index (χ2n) is 9.29. The van der Waals surface area contributed by atoms with Gasteiger partial charge in [0, 0.05) is 23.7 Å². The molecule has 1 aliphatic heterocycles. The van der Waals surface area contributed by atoms with Gasteiger partial charge in [0.15, 0.2) is 5.69 Å². The molecule has 0 amide bonds. The van der Waals surface area contributed by atoms with Gasteiger partial charge in [0.2, 0.25) is 5.82 Å². The number of likely N-dealkylation sites (tertiary alicyclic amines) is 1. The van der Waals surface area contributed by atoms with Crippen molar-refractivity contribution in [2.75, 3.05) is 19.6 Å². The number of hydrogen-bond donors (Lipinski definition) is 2. The first-order chi connectivity index (χ1) is 18.6. The van der Waals surface area contributed by atoms with Crippen LogP contribution in [0.5, 0.6) is 0 Å². The summed E-state index contributed by atoms with van der Waals surface area (Å²) in [5.74, 6) is -1.56. The highest BCUT2D eigenvalue weighted by atomic mass is 35.5. The van der Waals surface area contributed by atoms with E-state index in [1.165, 1.54) is 24.3 Å². The van der Waals surface area contributed by atoms with Gasteiger partial charge < -0.3 is 14.7 Å². The minimum Gasteiger partial charge on any atom is -0.481 e. The molecule has 4 aromatic rings. The number of β-amino-alcohol motifs (C(OH)–C–C–N with tert-alkyl or cyclic N) is 1. The molecule has 5 rings (SSSR count). The van der Waals surface area contributed by atoms with Crippen molar-refractivity contribution in [3.63, 3.8) is 0 Å². The van der Waals surface area contributed by atoms with Gasteiger partial charge in [-0.2, -0.15) is 23.3 Å². The Bertz CT molecular complexity index is 1450. The van der Waals surface area contributed by atoms with Crippen molar-refractivity contribution in [1.29, 1.82) is 0 Å². The number of alkyl halides is 3. The summed E-state index contributed by atoms with van der Waals surface area (Å²) in [4.78, 5) is 17.4. The molecule has 1 aliphatic rings. The third-order valence-electron chi connectivity index (χ3n) is 6.60. The zero-order valence-electron chi connectivity index (χ0n) is 20.3. The monoisotopic (exact) mass is 561 g/mol. The summed E-state index contributed by atoms with van der Waals surface area (Å²) in [5.41, 5.74) is -0.201. The Morgan fingerprint density at radius 3 is 2.54 bits per heavy atom. The second-order valence-corrected chi connectivity index (χ2v) is 9.73. The van der Waals surface area contributed by atoms with E-state index in [1.807, 2.05) is 4.90 Å². The smallest absolute Gasteiger partial charge is 0.434 e. The molecule has 1 fully saturated rings. The minimum absolute atomic E-state index is 0.0683. The lowest BCUT2D eigenvalue weighted by Crippen LogP contribution is -2.40. The highest BCUT2D eigenvalue weighted by Gasteiger charge is 2.40. The number of rotatable bonds is 7. The van der Waals surface area contributed by atoms with Crippen LogP contribution in [0.2, 0.25) is 5.02 Å². The molecule has 2 N–H and O–H groups in total. The summed E-state index contributed by atoms with van der Waals surface area (Å²) in [6.45, 7) is 1.37. The van der Waals surface area contributed by atoms with Gasteiger partial charge >= 0.3 is 12.1 Å². The zero-order valence-corrected chi connectivity index (χ0v) is 21.1. The van der Waals surface area contributed by atoms with Crippen molar-refractivity contribution in [3.05, 3.63) is 71.0 Å². The van der Waals surface area contributed by atoms with E-state index in [-0.39, 0.29) is 29.5 Å². The fourth-order valence-electron chi connectivity index (χ4n) is 4.63. The molecule has 0 saturated carbocycles. The molecule has 0 unspecified atom stereocenters. The van der Waals surface area contributed by atoms with E-state index in [0.717, 1.165) is 17.3 Å². The van der Waals surface area contributed by atoms with Gasteiger partial charge in [-0.1, -0.05) is 41.0 Å². The Labute approximate surface area is 225 Å². The van der Waals surface area contributed by atoms with Crippen LogP contribution in [0.4, 0.5) is 13.2 Å². The van der Waals surface area contributed by atoms with Crippen molar-refractivity contribution in [3.8, 4) is 28.5 Å². The van der Waals surface area contributed by atoms with Crippen LogP contribution in [0, 0.1) is 5.92 Å². The lowest BCUT2D eigenvalue weighted by molar-refractivity contribution is -0.144. The number of aliphatic hydroxyl groups is 1. The second kappa shape index (κ2) is 10.8. The van der Waals surface area contributed by atoms with E-state index >= 15 is 0 Å². The van der Waals surface area contributed by atoms with E-state index in [2.05, 4.69) is 15.2 Å². The van der Waals surface area contributed by atoms with Gasteiger partial charge in [-0.05, 0) is 49.2 Å². The van der Waals surface area contributed by atoms with Gasteiger partial charge in [-0.25, -0.2) is 4.68 Å². The van der Waals surface area contributed by atoms with E-state index in [9.17, 15) is 28.2 Å². The van der Waals surface area contributed by atoms with Crippen LogP contribution < -0.4 is 0 Å². The molecule has 204 valence electrons. The van der Waals surface area contributed by atoms with Crippen molar-refractivity contribution >= 4 is 17.6 Å². The van der Waals surface area contributed by atoms with Crippen LogP contribution in [0.1, 0.15) is 30.2 Å². The predicted molar refractivity (Wildman–Crippen MR) is 134 cm³/mol. The van der Waals surface area contributed by atoms with Crippen LogP contribution >= 0.6 is 11.6 Å². The van der Waals surface area contributed by atoms with Crippen LogP contribution in [-0.4, -0.2) is 60.6 Å². The highest BCUT2D eigenvalue weighted by molar-refractivity contribution is 6.30. The first kappa shape index (κ1) is 26.9. The van der Waals surface area contributed by atoms with Crippen molar-refractivity contribution in [1.82, 2.24) is 24.8 Å². The summed E-state index contributed by atoms with van der Waals surface area (Å²) in [5, 5.41) is 28.0. The summed E-state index contributed by atoms with van der Waals surface area (Å²) in [6, 6.07) is 12.3. The van der Waals surface area contributed by atoms with Gasteiger partial charge in [-0.15, -0.1) is 0 Å². The number of carbonyl (C=O) groups is 1. The fraction of sp³-hybridized carbons (Fsp3) is 0.308. The SMILES string of the molecule is O=C(O)[C@H]1CCCN(C[C@@H](O)c2ccc(-c3noc(-c4cnn(-c5ccc(Cl)cc5)c4C(F)(F)F)n3)cc2)C1. The number of aliphatic hydroxyl groups excluding tert-OH is 1. The summed E-state index contributed by atoms with van der Waals surface area (Å²) >= 11 is 5.86. The quantitative estimate of drug-likeness (QED) is 0.320. The van der Waals surface area contributed by atoms with Gasteiger partial charge in [-0.3, -0.25) is 9.69 Å². The van der Waals surface area contributed by atoms with Gasteiger partial charge in [0.25, 0.3) is 5.89 Å². The van der Waals surface area contributed by atoms with Gasteiger partial charge in [0.05, 0.1) is 29.5 Å². The Hall–Kier alpha value is -3.74. The number of carboxylic acid groups (broad SMARTS) is 1. The van der Waals surface area contributed by atoms with Crippen molar-refractivity contribution in [2.45, 2.75) is 25.1 Å². The zero-order chi connectivity index (χ0) is 27.7. The molecule has 1 saturated heterocycles. The molecule has 2 aromatic carbocycles. The van der Waals surface area contributed by atoms with Crippen LogP contribution in [0.15, 0.2) is 59.3 Å². The molecule has 0 spiro atoms. The highest BCUT2D eigenvalue weighted by Crippen LogP contribution is 2.38. The largest absolute Gasteiger partial charge is 0.481 e. The number of benzene rings is 2.